The molecule has 6 heterocycles. The molecule has 0 saturated carbocycles. The van der Waals surface area contributed by atoms with E-state index in [1.54, 1.807) is 0 Å². The van der Waals surface area contributed by atoms with Crippen molar-refractivity contribution in [3.8, 4) is 0 Å². The first-order valence-electron chi connectivity index (χ1n) is 9.97. The second-order valence-corrected chi connectivity index (χ2v) is 16.6. The van der Waals surface area contributed by atoms with E-state index in [9.17, 15) is 14.4 Å². The summed E-state index contributed by atoms with van der Waals surface area (Å²) in [6.07, 6.45) is 17.1. The number of rotatable bonds is 8. The third-order valence-corrected chi connectivity index (χ3v) is 18.2. The van der Waals surface area contributed by atoms with Gasteiger partial charge in [-0.15, -0.1) is 0 Å². The first kappa shape index (κ1) is 22.3. The summed E-state index contributed by atoms with van der Waals surface area (Å²) >= 11 is 0. The van der Waals surface area contributed by atoms with Crippen molar-refractivity contribution in [3.05, 3.63) is 74.4 Å². The number of phosphoric acid groups is 1. The molecule has 6 aromatic rings. The fourth-order valence-corrected chi connectivity index (χ4v) is 17.8. The first-order valence-corrected chi connectivity index (χ1v) is 14.9. The SMILES string of the molecule is O=P(O)(O)[O][Ni]([c]1ncc[nH]1)([c]1ncc[nH]1)([c]1ncc[nH]1)([c]1ncc[nH]1)([c]1ncc[nH]1)[c]1ncc[nH]1. The molecule has 18 heteroatoms. The second kappa shape index (κ2) is 6.35. The monoisotopic (exact) mass is 557 g/mol. The Balaban J connectivity index is 2.25. The maximum absolute atomic E-state index is 13.5. The number of aromatic nitrogens is 12. The minimum absolute atomic E-state index is 0.178. The minimum atomic E-state index is -7.25. The van der Waals surface area contributed by atoms with Crippen molar-refractivity contribution in [2.75, 3.05) is 0 Å². The van der Waals surface area contributed by atoms with E-state index < -0.39 is 17.5 Å². The van der Waals surface area contributed by atoms with Gasteiger partial charge in [-0.05, 0) is 0 Å². The topological polar surface area (TPSA) is 239 Å². The number of imidazole rings is 6. The number of H-pyrrole nitrogens is 6. The molecule has 6 aromatic heterocycles. The van der Waals surface area contributed by atoms with Gasteiger partial charge in [0.2, 0.25) is 0 Å². The van der Waals surface area contributed by atoms with Crippen molar-refractivity contribution >= 4 is 36.6 Å². The summed E-state index contributed by atoms with van der Waals surface area (Å²) in [5.74, 6) is 0. The zero-order valence-electron chi connectivity index (χ0n) is 18.1. The van der Waals surface area contributed by atoms with Crippen LogP contribution in [0.25, 0.3) is 0 Å². The van der Waals surface area contributed by atoms with E-state index in [-0.39, 0.29) is 28.8 Å². The van der Waals surface area contributed by atoms with Gasteiger partial charge in [-0.25, -0.2) is 0 Å². The Morgan fingerprint density at radius 3 is 0.889 bits per heavy atom. The van der Waals surface area contributed by atoms with Crippen LogP contribution in [0, 0.1) is 0 Å². The zero-order valence-corrected chi connectivity index (χ0v) is 20.0. The van der Waals surface area contributed by atoms with Crippen LogP contribution in [0.4, 0.5) is 0 Å². The number of nitrogens with one attached hydrogen (secondary N) is 6. The molecular weight excluding hydrogens is 538 g/mol. The summed E-state index contributed by atoms with van der Waals surface area (Å²) in [4.78, 5) is 66.6. The molecule has 0 bridgehead atoms. The Labute approximate surface area is 198 Å². The van der Waals surface area contributed by atoms with Crippen molar-refractivity contribution < 1.29 is 27.6 Å². The van der Waals surface area contributed by atoms with Gasteiger partial charge in [-0.3, -0.25) is 0 Å². The zero-order chi connectivity index (χ0) is 25.0. The summed E-state index contributed by atoms with van der Waals surface area (Å²) < 4.78 is 20.0. The van der Waals surface area contributed by atoms with Crippen LogP contribution in [0.15, 0.2) is 74.4 Å². The molecule has 0 aromatic carbocycles. The third kappa shape index (κ3) is 1.76. The van der Waals surface area contributed by atoms with Crippen molar-refractivity contribution in [3.63, 3.8) is 0 Å². The van der Waals surface area contributed by atoms with Crippen molar-refractivity contribution in [1.29, 1.82) is 0 Å². The molecule has 0 fully saturated rings. The van der Waals surface area contributed by atoms with Crippen LogP contribution >= 0.6 is 7.82 Å². The Morgan fingerprint density at radius 1 is 0.528 bits per heavy atom. The Morgan fingerprint density at radius 2 is 0.750 bits per heavy atom. The molecule has 0 atom stereocenters. The maximum atomic E-state index is 13.5. The molecule has 8 N–H and O–H groups in total. The molecule has 0 saturated heterocycles. The summed E-state index contributed by atoms with van der Waals surface area (Å²) in [7, 11) is -12.9. The Kier molecular flexibility index (Phi) is 3.94. The number of aromatic amines is 6. The summed E-state index contributed by atoms with van der Waals surface area (Å²) in [6, 6.07) is 0. The second-order valence-electron chi connectivity index (χ2n) is 7.23. The van der Waals surface area contributed by atoms with Gasteiger partial charge in [0.05, 0.1) is 0 Å². The predicted molar refractivity (Wildman–Crippen MR) is 122 cm³/mol. The average molecular weight is 558 g/mol. The van der Waals surface area contributed by atoms with E-state index in [4.69, 9.17) is 3.67 Å². The van der Waals surface area contributed by atoms with Crippen LogP contribution in [0.1, 0.15) is 0 Å². The fraction of sp³-hybridized carbons (Fsp3) is 0. The number of nitrogens with zero attached hydrogens (tertiary/aromatic N) is 6. The van der Waals surface area contributed by atoms with E-state index in [0.717, 1.165) is 0 Å². The fourth-order valence-electron chi connectivity index (χ4n) is 4.38. The van der Waals surface area contributed by atoms with Crippen LogP contribution < -0.4 is 28.8 Å². The van der Waals surface area contributed by atoms with Crippen LogP contribution in [0.5, 0.6) is 0 Å². The molecule has 191 valence electrons. The molecule has 36 heavy (non-hydrogen) atoms. The molecule has 0 aliphatic rings. The van der Waals surface area contributed by atoms with Gasteiger partial charge < -0.3 is 0 Å². The summed E-state index contributed by atoms with van der Waals surface area (Å²) in [6.45, 7) is 0. The molecule has 0 aliphatic carbocycles. The molecule has 0 radical (unpaired) electrons. The molecule has 0 amide bonds. The van der Waals surface area contributed by atoms with E-state index >= 15 is 0 Å². The van der Waals surface area contributed by atoms with E-state index in [1.165, 1.54) is 74.4 Å². The van der Waals surface area contributed by atoms with Gasteiger partial charge in [0.1, 0.15) is 0 Å². The number of hydrogen-bond acceptors (Lipinski definition) is 8. The van der Waals surface area contributed by atoms with Crippen LogP contribution in [-0.4, -0.2) is 69.6 Å². The Hall–Kier alpha value is -4.14. The molecule has 6 rings (SSSR count). The van der Waals surface area contributed by atoms with Crippen LogP contribution in [0.3, 0.4) is 0 Å². The van der Waals surface area contributed by atoms with Gasteiger partial charge in [0, 0.05) is 0 Å². The van der Waals surface area contributed by atoms with Gasteiger partial charge in [0.25, 0.3) is 0 Å². The number of hydrogen-bond donors (Lipinski definition) is 8. The van der Waals surface area contributed by atoms with Gasteiger partial charge >= 0.3 is 198 Å². The van der Waals surface area contributed by atoms with Crippen LogP contribution in [0.2, 0.25) is 0 Å². The molecular formula is C18H20N12NiO4P. The van der Waals surface area contributed by atoms with Gasteiger partial charge in [-0.1, -0.05) is 0 Å². The van der Waals surface area contributed by atoms with Crippen LogP contribution in [-0.2, 0) is 17.9 Å². The van der Waals surface area contributed by atoms with Gasteiger partial charge in [-0.2, -0.15) is 0 Å². The van der Waals surface area contributed by atoms with Gasteiger partial charge in [0.15, 0.2) is 0 Å². The third-order valence-electron chi connectivity index (χ3n) is 5.55. The average Bonchev–Trinajstić information content (AvgIpc) is 3.76. The van der Waals surface area contributed by atoms with Crippen molar-refractivity contribution in [2.45, 2.75) is 0 Å². The standard InChI is InChI=1S/6C3H3N2.Ni.H3O4P/c6*1-2-5-3-4-1;;1-5(2,3)4/h6*1-2H,(H,4,5);;(H3,1,2,3,4)/q;;;;;;+1;/p-1. The molecule has 16 nitrogen and oxygen atoms in total. The Bertz CT molecular complexity index is 1370. The first-order chi connectivity index (χ1) is 17.3. The molecule has 0 aliphatic heterocycles. The van der Waals surface area contributed by atoms with Crippen molar-refractivity contribution in [2.24, 2.45) is 0 Å². The van der Waals surface area contributed by atoms with E-state index in [1.807, 2.05) is 0 Å². The molecule has 0 unspecified atom stereocenters. The molecule has 0 spiro atoms. The summed E-state index contributed by atoms with van der Waals surface area (Å²) in [5.41, 5.74) is 0. The van der Waals surface area contributed by atoms with Crippen molar-refractivity contribution in [1.82, 2.24) is 59.8 Å². The normalized spacial score (nSPS) is 15.7. The summed E-state index contributed by atoms with van der Waals surface area (Å²) in [5, 5.41) is 0. The predicted octanol–water partition coefficient (Wildman–Crippen LogP) is -2.94. The van der Waals surface area contributed by atoms with E-state index in [2.05, 4.69) is 59.8 Å². The van der Waals surface area contributed by atoms with E-state index in [0.29, 0.717) is 0 Å². The quantitative estimate of drug-likeness (QED) is 0.0699.